The first kappa shape index (κ1) is 29.4. The number of carbonyl (C=O) groups excluding carboxylic acids is 3. The van der Waals surface area contributed by atoms with E-state index in [1.807, 2.05) is 24.1 Å². The minimum atomic E-state index is -1.68. The topological polar surface area (TPSA) is 96.8 Å². The molecule has 1 aromatic heterocycles. The van der Waals surface area contributed by atoms with E-state index in [0.717, 1.165) is 11.4 Å². The second kappa shape index (κ2) is 12.8. The maximum Gasteiger partial charge on any atom is 0.211 e. The van der Waals surface area contributed by atoms with Crippen LogP contribution in [0.5, 0.6) is 5.75 Å². The van der Waals surface area contributed by atoms with Gasteiger partial charge < -0.3 is 14.7 Å². The average Bonchev–Trinajstić information content (AvgIpc) is 3.07. The molecule has 1 N–H and O–H groups in total. The molecule has 1 unspecified atom stereocenters. The Hall–Kier alpha value is -5.11. The highest BCUT2D eigenvalue weighted by Gasteiger charge is 2.27. The van der Waals surface area contributed by atoms with E-state index in [2.05, 4.69) is 4.98 Å². The SMILES string of the molecule is COc1ccc(C(=O)c2ccc(C(=O)c3ccc(N(C)c4ccc(Cl)cc4)cn3)cc2C(O)C(=O)c2ccccc2)cc1. The van der Waals surface area contributed by atoms with Gasteiger partial charge in [0, 0.05) is 45.6 Å². The first-order valence-corrected chi connectivity index (χ1v) is 13.7. The van der Waals surface area contributed by atoms with Gasteiger partial charge in [0.2, 0.25) is 5.78 Å². The standard InChI is InChI=1S/C35H27ClN2O5/c1-38(26-13-11-25(36)12-14-26)27-15-19-31(37-21-27)33(40)24-10-18-29(32(39)23-8-16-28(43-2)17-9-23)30(20-24)35(42)34(41)22-6-4-3-5-7-22/h3-21,35,42H,1-2H3. The number of benzene rings is 4. The summed E-state index contributed by atoms with van der Waals surface area (Å²) in [6.45, 7) is 0. The Morgan fingerprint density at radius 1 is 0.767 bits per heavy atom. The molecule has 0 saturated heterocycles. The van der Waals surface area contributed by atoms with Crippen molar-refractivity contribution in [2.75, 3.05) is 19.1 Å². The molecule has 0 radical (unpaired) electrons. The summed E-state index contributed by atoms with van der Waals surface area (Å²) in [5, 5.41) is 11.9. The van der Waals surface area contributed by atoms with Gasteiger partial charge in [-0.1, -0.05) is 48.0 Å². The minimum Gasteiger partial charge on any atom is -0.497 e. The van der Waals surface area contributed by atoms with Gasteiger partial charge in [-0.3, -0.25) is 19.4 Å². The fraction of sp³-hybridized carbons (Fsp3) is 0.0857. The van der Waals surface area contributed by atoms with E-state index < -0.39 is 23.5 Å². The number of aromatic nitrogens is 1. The number of carbonyl (C=O) groups is 3. The number of halogens is 1. The van der Waals surface area contributed by atoms with Crippen LogP contribution in [0.3, 0.4) is 0 Å². The van der Waals surface area contributed by atoms with E-state index >= 15 is 0 Å². The molecule has 0 spiro atoms. The molecule has 0 aliphatic rings. The Labute approximate surface area is 254 Å². The number of hydrogen-bond acceptors (Lipinski definition) is 7. The van der Waals surface area contributed by atoms with Gasteiger partial charge in [0.25, 0.3) is 0 Å². The summed E-state index contributed by atoms with van der Waals surface area (Å²) < 4.78 is 5.18. The predicted molar refractivity (Wildman–Crippen MR) is 166 cm³/mol. The predicted octanol–water partition coefficient (Wildman–Crippen LogP) is 6.89. The minimum absolute atomic E-state index is 0.0274. The number of hydrogen-bond donors (Lipinski definition) is 1. The first-order valence-electron chi connectivity index (χ1n) is 13.4. The molecule has 0 fully saturated rings. The van der Waals surface area contributed by atoms with Crippen molar-refractivity contribution < 1.29 is 24.2 Å². The van der Waals surface area contributed by atoms with Crippen LogP contribution in [-0.2, 0) is 0 Å². The third-order valence-corrected chi connectivity index (χ3v) is 7.35. The van der Waals surface area contributed by atoms with Gasteiger partial charge in [-0.2, -0.15) is 0 Å². The van der Waals surface area contributed by atoms with Crippen LogP contribution in [0.1, 0.15) is 54.0 Å². The molecular weight excluding hydrogens is 564 g/mol. The Kier molecular flexibility index (Phi) is 8.76. The summed E-state index contributed by atoms with van der Waals surface area (Å²) in [5.74, 6) is -0.856. The lowest BCUT2D eigenvalue weighted by atomic mass is 9.89. The van der Waals surface area contributed by atoms with Gasteiger partial charge in [0.1, 0.15) is 17.5 Å². The number of ether oxygens (including phenoxy) is 1. The molecule has 5 aromatic rings. The normalized spacial score (nSPS) is 11.4. The van der Waals surface area contributed by atoms with Crippen molar-refractivity contribution in [1.82, 2.24) is 4.98 Å². The van der Waals surface area contributed by atoms with Crippen LogP contribution in [-0.4, -0.2) is 41.6 Å². The number of aliphatic hydroxyl groups is 1. The van der Waals surface area contributed by atoms with Gasteiger partial charge in [-0.15, -0.1) is 0 Å². The van der Waals surface area contributed by atoms with Crippen LogP contribution >= 0.6 is 11.6 Å². The molecule has 0 aliphatic heterocycles. The third-order valence-electron chi connectivity index (χ3n) is 7.09. The number of methoxy groups -OCH3 is 1. The maximum atomic E-state index is 13.5. The summed E-state index contributed by atoms with van der Waals surface area (Å²) in [6, 6.07) is 29.8. The fourth-order valence-corrected chi connectivity index (χ4v) is 4.74. The van der Waals surface area contributed by atoms with E-state index in [9.17, 15) is 19.5 Å². The number of rotatable bonds is 10. The number of ketones is 3. The lowest BCUT2D eigenvalue weighted by Gasteiger charge is -2.19. The van der Waals surface area contributed by atoms with Crippen LogP contribution in [0, 0.1) is 0 Å². The van der Waals surface area contributed by atoms with E-state index in [1.54, 1.807) is 85.1 Å². The van der Waals surface area contributed by atoms with Crippen molar-refractivity contribution in [2.45, 2.75) is 6.10 Å². The van der Waals surface area contributed by atoms with Crippen LogP contribution in [0.25, 0.3) is 0 Å². The number of pyridine rings is 1. The molecule has 5 rings (SSSR count). The molecule has 0 amide bonds. The molecule has 1 heterocycles. The summed E-state index contributed by atoms with van der Waals surface area (Å²) >= 11 is 6.00. The summed E-state index contributed by atoms with van der Waals surface area (Å²) in [4.78, 5) is 46.6. The molecule has 0 aliphatic carbocycles. The second-order valence-corrected chi connectivity index (χ2v) is 10.2. The van der Waals surface area contributed by atoms with Crippen molar-refractivity contribution in [3.63, 3.8) is 0 Å². The highest BCUT2D eigenvalue weighted by molar-refractivity contribution is 6.30. The van der Waals surface area contributed by atoms with Crippen molar-refractivity contribution in [3.05, 3.63) is 154 Å². The second-order valence-electron chi connectivity index (χ2n) is 9.76. The molecule has 1 atom stereocenters. The zero-order valence-corrected chi connectivity index (χ0v) is 24.2. The van der Waals surface area contributed by atoms with Crippen molar-refractivity contribution in [2.24, 2.45) is 0 Å². The van der Waals surface area contributed by atoms with Crippen molar-refractivity contribution in [3.8, 4) is 5.75 Å². The molecule has 214 valence electrons. The van der Waals surface area contributed by atoms with Crippen molar-refractivity contribution >= 4 is 40.3 Å². The summed E-state index contributed by atoms with van der Waals surface area (Å²) in [7, 11) is 3.40. The quantitative estimate of drug-likeness (QED) is 0.177. The largest absolute Gasteiger partial charge is 0.497 e. The number of anilines is 2. The lowest BCUT2D eigenvalue weighted by molar-refractivity contribution is 0.0744. The first-order chi connectivity index (χ1) is 20.8. The highest BCUT2D eigenvalue weighted by atomic mass is 35.5. The van der Waals surface area contributed by atoms with Gasteiger partial charge in [-0.05, 0) is 72.8 Å². The van der Waals surface area contributed by atoms with Crippen molar-refractivity contribution in [1.29, 1.82) is 0 Å². The van der Waals surface area contributed by atoms with E-state index in [-0.39, 0.29) is 27.9 Å². The van der Waals surface area contributed by atoms with E-state index in [0.29, 0.717) is 16.3 Å². The Bertz CT molecular complexity index is 1770. The Morgan fingerprint density at radius 3 is 2.05 bits per heavy atom. The molecule has 8 heteroatoms. The number of aliphatic hydroxyl groups excluding tert-OH is 1. The number of Topliss-reactive ketones (excluding diaryl/α,β-unsaturated/α-hetero) is 1. The maximum absolute atomic E-state index is 13.5. The van der Waals surface area contributed by atoms with E-state index in [4.69, 9.17) is 16.3 Å². The zero-order chi connectivity index (χ0) is 30.5. The zero-order valence-electron chi connectivity index (χ0n) is 23.4. The smallest absolute Gasteiger partial charge is 0.211 e. The van der Waals surface area contributed by atoms with Crippen LogP contribution in [0.2, 0.25) is 5.02 Å². The van der Waals surface area contributed by atoms with Gasteiger partial charge in [-0.25, -0.2) is 0 Å². The number of nitrogens with zero attached hydrogens (tertiary/aromatic N) is 2. The highest BCUT2D eigenvalue weighted by Crippen LogP contribution is 2.28. The molecule has 0 bridgehead atoms. The van der Waals surface area contributed by atoms with Crippen LogP contribution in [0.15, 0.2) is 115 Å². The van der Waals surface area contributed by atoms with Gasteiger partial charge in [0.05, 0.1) is 19.0 Å². The lowest BCUT2D eigenvalue weighted by Crippen LogP contribution is -2.18. The van der Waals surface area contributed by atoms with Gasteiger partial charge in [0.15, 0.2) is 11.6 Å². The summed E-state index contributed by atoms with van der Waals surface area (Å²) in [6.07, 6.45) is -0.103. The molecule has 7 nitrogen and oxygen atoms in total. The fourth-order valence-electron chi connectivity index (χ4n) is 4.62. The molecule has 4 aromatic carbocycles. The van der Waals surface area contributed by atoms with Crippen LogP contribution in [0.4, 0.5) is 11.4 Å². The monoisotopic (exact) mass is 590 g/mol. The van der Waals surface area contributed by atoms with Gasteiger partial charge >= 0.3 is 0 Å². The molecule has 43 heavy (non-hydrogen) atoms. The Morgan fingerprint density at radius 2 is 1.42 bits per heavy atom. The van der Waals surface area contributed by atoms with Crippen LogP contribution < -0.4 is 9.64 Å². The molecular formula is C35H27ClN2O5. The summed E-state index contributed by atoms with van der Waals surface area (Å²) in [5.41, 5.74) is 2.72. The molecule has 0 saturated carbocycles. The average molecular weight is 591 g/mol. The van der Waals surface area contributed by atoms with E-state index in [1.165, 1.54) is 25.3 Å². The third kappa shape index (κ3) is 6.38. The Balaban J connectivity index is 1.48.